The molecule has 0 aliphatic heterocycles. The van der Waals surface area contributed by atoms with E-state index in [1.54, 1.807) is 19.5 Å². The van der Waals surface area contributed by atoms with Crippen molar-refractivity contribution in [2.45, 2.75) is 0 Å². The van der Waals surface area contributed by atoms with Gasteiger partial charge in [-0.05, 0) is 48.5 Å². The predicted octanol–water partition coefficient (Wildman–Crippen LogP) is 4.07. The molecule has 23 heavy (non-hydrogen) atoms. The minimum absolute atomic E-state index is 0.836. The van der Waals surface area contributed by atoms with E-state index in [2.05, 4.69) is 9.38 Å². The van der Waals surface area contributed by atoms with Crippen LogP contribution in [0.5, 0.6) is 5.75 Å². The van der Waals surface area contributed by atoms with E-state index in [4.69, 9.17) is 9.72 Å². The van der Waals surface area contributed by atoms with Gasteiger partial charge in [-0.25, -0.2) is 4.98 Å². The van der Waals surface area contributed by atoms with Gasteiger partial charge in [-0.2, -0.15) is 0 Å². The Balaban J connectivity index is 1.98. The number of imidazole rings is 1. The maximum Gasteiger partial charge on any atom is 0.137 e. The fourth-order valence-electron chi connectivity index (χ4n) is 2.73. The molecule has 0 atom stereocenters. The summed E-state index contributed by atoms with van der Waals surface area (Å²) in [5.74, 6) is 0.836. The summed E-state index contributed by atoms with van der Waals surface area (Å²) in [6.45, 7) is 0. The van der Waals surface area contributed by atoms with Gasteiger partial charge in [0.25, 0.3) is 0 Å². The highest BCUT2D eigenvalue weighted by Gasteiger charge is 2.15. The van der Waals surface area contributed by atoms with Crippen molar-refractivity contribution >= 4 is 5.65 Å². The lowest BCUT2D eigenvalue weighted by molar-refractivity contribution is 0.415. The van der Waals surface area contributed by atoms with Gasteiger partial charge in [0.15, 0.2) is 0 Å². The third-order valence-corrected chi connectivity index (χ3v) is 3.85. The minimum atomic E-state index is 0.836. The Morgan fingerprint density at radius 2 is 1.65 bits per heavy atom. The Hall–Kier alpha value is -3.14. The minimum Gasteiger partial charge on any atom is -0.497 e. The van der Waals surface area contributed by atoms with Crippen LogP contribution in [0.25, 0.3) is 28.2 Å². The van der Waals surface area contributed by atoms with Gasteiger partial charge in [-0.3, -0.25) is 9.38 Å². The van der Waals surface area contributed by atoms with Crippen LogP contribution in [-0.4, -0.2) is 21.5 Å². The first-order valence-corrected chi connectivity index (χ1v) is 7.39. The monoisotopic (exact) mass is 301 g/mol. The number of nitrogens with zero attached hydrogens (tertiary/aromatic N) is 3. The second-order valence-electron chi connectivity index (χ2n) is 5.20. The number of fused-ring (bicyclic) bond motifs is 1. The SMILES string of the molecule is COc1ccc(-c2nc3ccccn3c2-c2ccncc2)cc1. The Kier molecular flexibility index (Phi) is 3.27. The Morgan fingerprint density at radius 3 is 2.39 bits per heavy atom. The molecular weight excluding hydrogens is 286 g/mol. The molecule has 0 fully saturated rings. The summed E-state index contributed by atoms with van der Waals surface area (Å²) in [6, 6.07) is 18.0. The zero-order chi connectivity index (χ0) is 15.6. The molecule has 3 aromatic heterocycles. The molecule has 4 nitrogen and oxygen atoms in total. The predicted molar refractivity (Wildman–Crippen MR) is 90.4 cm³/mol. The Labute approximate surface area is 134 Å². The molecule has 0 saturated carbocycles. The summed E-state index contributed by atoms with van der Waals surface area (Å²) in [7, 11) is 1.67. The number of benzene rings is 1. The number of methoxy groups -OCH3 is 1. The fraction of sp³-hybridized carbons (Fsp3) is 0.0526. The standard InChI is InChI=1S/C19H15N3O/c1-23-16-7-5-14(6-8-16)18-19(15-9-11-20-12-10-15)22-13-3-2-4-17(22)21-18/h2-13H,1H3. The van der Waals surface area contributed by atoms with Crippen LogP contribution in [0.4, 0.5) is 0 Å². The summed E-state index contributed by atoms with van der Waals surface area (Å²) in [5, 5.41) is 0. The van der Waals surface area contributed by atoms with Crippen molar-refractivity contribution in [3.05, 3.63) is 73.2 Å². The summed E-state index contributed by atoms with van der Waals surface area (Å²) in [4.78, 5) is 8.93. The van der Waals surface area contributed by atoms with Crippen molar-refractivity contribution < 1.29 is 4.74 Å². The molecule has 0 saturated heterocycles. The molecule has 0 aliphatic rings. The first-order chi connectivity index (χ1) is 11.4. The molecule has 1 aromatic carbocycles. The molecule has 0 amide bonds. The third-order valence-electron chi connectivity index (χ3n) is 3.85. The highest BCUT2D eigenvalue weighted by atomic mass is 16.5. The van der Waals surface area contributed by atoms with Crippen molar-refractivity contribution in [1.82, 2.24) is 14.4 Å². The summed E-state index contributed by atoms with van der Waals surface area (Å²) < 4.78 is 7.35. The molecule has 0 radical (unpaired) electrons. The molecule has 0 spiro atoms. The zero-order valence-electron chi connectivity index (χ0n) is 12.7. The number of pyridine rings is 2. The van der Waals surface area contributed by atoms with Crippen LogP contribution < -0.4 is 4.74 Å². The topological polar surface area (TPSA) is 39.4 Å². The van der Waals surface area contributed by atoms with Crippen LogP contribution in [0.3, 0.4) is 0 Å². The van der Waals surface area contributed by atoms with Gasteiger partial charge >= 0.3 is 0 Å². The number of rotatable bonds is 3. The van der Waals surface area contributed by atoms with Crippen molar-refractivity contribution in [2.75, 3.05) is 7.11 Å². The largest absolute Gasteiger partial charge is 0.497 e. The van der Waals surface area contributed by atoms with Crippen LogP contribution in [-0.2, 0) is 0 Å². The van der Waals surface area contributed by atoms with E-state index in [0.717, 1.165) is 33.9 Å². The summed E-state index contributed by atoms with van der Waals surface area (Å²) in [5.41, 5.74) is 5.08. The van der Waals surface area contributed by atoms with Crippen LogP contribution in [0.2, 0.25) is 0 Å². The van der Waals surface area contributed by atoms with Crippen molar-refractivity contribution in [1.29, 1.82) is 0 Å². The molecule has 0 N–H and O–H groups in total. The van der Waals surface area contributed by atoms with Gasteiger partial charge in [0.1, 0.15) is 11.4 Å². The molecule has 112 valence electrons. The maximum atomic E-state index is 5.24. The van der Waals surface area contributed by atoms with E-state index < -0.39 is 0 Å². The van der Waals surface area contributed by atoms with E-state index in [1.165, 1.54) is 0 Å². The van der Waals surface area contributed by atoms with Crippen molar-refractivity contribution in [3.63, 3.8) is 0 Å². The summed E-state index contributed by atoms with van der Waals surface area (Å²) in [6.07, 6.45) is 5.63. The number of aromatic nitrogens is 3. The van der Waals surface area contributed by atoms with Gasteiger partial charge in [0.05, 0.1) is 18.5 Å². The number of ether oxygens (including phenoxy) is 1. The van der Waals surface area contributed by atoms with Crippen LogP contribution in [0.1, 0.15) is 0 Å². The van der Waals surface area contributed by atoms with Gasteiger partial charge in [-0.15, -0.1) is 0 Å². The Bertz CT molecular complexity index is 943. The van der Waals surface area contributed by atoms with Gasteiger partial charge < -0.3 is 4.74 Å². The van der Waals surface area contributed by atoms with Crippen molar-refractivity contribution in [3.8, 4) is 28.3 Å². The first-order valence-electron chi connectivity index (χ1n) is 7.39. The fourth-order valence-corrected chi connectivity index (χ4v) is 2.73. The van der Waals surface area contributed by atoms with Gasteiger partial charge in [0, 0.05) is 29.7 Å². The average Bonchev–Trinajstić information content (AvgIpc) is 3.02. The lowest BCUT2D eigenvalue weighted by Crippen LogP contribution is -1.89. The highest BCUT2D eigenvalue weighted by Crippen LogP contribution is 2.33. The smallest absolute Gasteiger partial charge is 0.137 e. The third kappa shape index (κ3) is 2.34. The van der Waals surface area contributed by atoms with E-state index in [9.17, 15) is 0 Å². The lowest BCUT2D eigenvalue weighted by atomic mass is 10.1. The molecule has 4 rings (SSSR count). The molecule has 3 heterocycles. The molecular formula is C19H15N3O. The molecule has 4 aromatic rings. The van der Waals surface area contributed by atoms with E-state index >= 15 is 0 Å². The summed E-state index contributed by atoms with van der Waals surface area (Å²) >= 11 is 0. The van der Waals surface area contributed by atoms with Gasteiger partial charge in [-0.1, -0.05) is 6.07 Å². The van der Waals surface area contributed by atoms with Crippen molar-refractivity contribution in [2.24, 2.45) is 0 Å². The second kappa shape index (κ2) is 5.57. The highest BCUT2D eigenvalue weighted by molar-refractivity contribution is 5.82. The maximum absolute atomic E-state index is 5.24. The quantitative estimate of drug-likeness (QED) is 0.572. The molecule has 0 aliphatic carbocycles. The number of hydrogen-bond donors (Lipinski definition) is 0. The van der Waals surface area contributed by atoms with E-state index in [-0.39, 0.29) is 0 Å². The van der Waals surface area contributed by atoms with Gasteiger partial charge in [0.2, 0.25) is 0 Å². The van der Waals surface area contributed by atoms with Crippen LogP contribution in [0.15, 0.2) is 73.2 Å². The molecule has 0 bridgehead atoms. The van der Waals surface area contributed by atoms with Crippen LogP contribution >= 0.6 is 0 Å². The molecule has 4 heteroatoms. The zero-order valence-corrected chi connectivity index (χ0v) is 12.7. The van der Waals surface area contributed by atoms with E-state index in [0.29, 0.717) is 0 Å². The Morgan fingerprint density at radius 1 is 0.870 bits per heavy atom. The number of hydrogen-bond acceptors (Lipinski definition) is 3. The van der Waals surface area contributed by atoms with Crippen LogP contribution in [0, 0.1) is 0 Å². The lowest BCUT2D eigenvalue weighted by Gasteiger charge is -2.06. The first kappa shape index (κ1) is 13.5. The normalized spacial score (nSPS) is 10.8. The van der Waals surface area contributed by atoms with E-state index in [1.807, 2.05) is 60.8 Å². The molecule has 0 unspecified atom stereocenters. The second-order valence-corrected chi connectivity index (χ2v) is 5.20. The average molecular weight is 301 g/mol.